The molecule has 1 aliphatic rings. The molecule has 0 aliphatic heterocycles. The van der Waals surface area contributed by atoms with Crippen LogP contribution in [0.3, 0.4) is 0 Å². The molecule has 0 N–H and O–H groups in total. The number of carbonyl (C=O) groups is 2. The van der Waals surface area contributed by atoms with Crippen molar-refractivity contribution in [1.82, 2.24) is 0 Å². The van der Waals surface area contributed by atoms with Gasteiger partial charge in [-0.05, 0) is 56.8 Å². The first-order chi connectivity index (χ1) is 12.6. The number of halogens is 3. The number of carbonyl (C=O) groups excluding carboxylic acids is 2. The van der Waals surface area contributed by atoms with Gasteiger partial charge in [0.2, 0.25) is 0 Å². The maximum atomic E-state index is 12.7. The molecule has 1 fully saturated rings. The Labute approximate surface area is 182 Å². The first-order valence-electron chi connectivity index (χ1n) is 8.05. The van der Waals surface area contributed by atoms with Gasteiger partial charge in [0, 0.05) is 4.47 Å². The molecule has 0 bridgehead atoms. The molecule has 27 heavy (non-hydrogen) atoms. The summed E-state index contributed by atoms with van der Waals surface area (Å²) in [5.74, 6) is -3.16. The number of hydrogen-bond donors (Lipinski definition) is 0. The lowest BCUT2D eigenvalue weighted by Gasteiger charge is -2.28. The summed E-state index contributed by atoms with van der Waals surface area (Å²) >= 11 is 9.99. The molecule has 1 aliphatic carbocycles. The van der Waals surface area contributed by atoms with Gasteiger partial charge in [-0.25, -0.2) is 8.42 Å². The molecule has 0 aromatic heterocycles. The van der Waals surface area contributed by atoms with E-state index in [9.17, 15) is 22.6 Å². The van der Waals surface area contributed by atoms with Crippen molar-refractivity contribution in [3.05, 3.63) is 25.6 Å². The molecule has 2 rings (SSSR count). The van der Waals surface area contributed by atoms with Crippen LogP contribution in [0.1, 0.15) is 25.7 Å². The summed E-state index contributed by atoms with van der Waals surface area (Å²) in [6, 6.07) is 3.45. The van der Waals surface area contributed by atoms with E-state index in [-0.39, 0.29) is 0 Å². The van der Waals surface area contributed by atoms with Gasteiger partial charge in [0.05, 0.1) is 36.7 Å². The minimum absolute atomic E-state index is 0.304. The Bertz CT molecular complexity index is 802. The summed E-state index contributed by atoms with van der Waals surface area (Å²) in [5.41, 5.74) is 0. The molecule has 150 valence electrons. The molecule has 1 saturated carbocycles. The smallest absolute Gasteiger partial charge is 0.315 e. The van der Waals surface area contributed by atoms with Crippen molar-refractivity contribution in [2.75, 3.05) is 12.4 Å². The van der Waals surface area contributed by atoms with Crippen molar-refractivity contribution in [2.24, 2.45) is 11.8 Å². The van der Waals surface area contributed by atoms with E-state index in [0.29, 0.717) is 27.5 Å². The monoisotopic (exact) mass is 589 g/mol. The molecule has 1 aromatic rings. The van der Waals surface area contributed by atoms with E-state index in [1.54, 1.807) is 12.1 Å². The maximum Gasteiger partial charge on any atom is 0.315 e. The van der Waals surface area contributed by atoms with E-state index in [0.717, 1.165) is 17.3 Å². The van der Waals surface area contributed by atoms with Gasteiger partial charge in [-0.1, -0.05) is 28.8 Å². The quantitative estimate of drug-likeness (QED) is 0.281. The molecule has 7 nitrogen and oxygen atoms in total. The van der Waals surface area contributed by atoms with Crippen LogP contribution in [0.4, 0.5) is 0 Å². The molecule has 0 amide bonds. The SMILES string of the molecule is O=C(OCCS(=O)(=O)[O-])C1CCCCC1C(=O)Oc1c(Br)cc(Br)cc1Br. The summed E-state index contributed by atoms with van der Waals surface area (Å²) in [4.78, 5) is 25.0. The molecule has 2 unspecified atom stereocenters. The molecule has 0 saturated heterocycles. The van der Waals surface area contributed by atoms with E-state index < -0.39 is 46.3 Å². The van der Waals surface area contributed by atoms with Gasteiger partial charge in [-0.2, -0.15) is 0 Å². The summed E-state index contributed by atoms with van der Waals surface area (Å²) < 4.78 is 44.2. The predicted molar refractivity (Wildman–Crippen MR) is 106 cm³/mol. The van der Waals surface area contributed by atoms with Crippen LogP contribution in [0.5, 0.6) is 5.75 Å². The third-order valence-corrected chi connectivity index (χ3v) is 6.42. The Balaban J connectivity index is 2.07. The minimum atomic E-state index is -4.47. The highest BCUT2D eigenvalue weighted by atomic mass is 79.9. The average Bonchev–Trinajstić information content (AvgIpc) is 2.56. The first kappa shape index (κ1) is 22.8. The maximum absolute atomic E-state index is 12.7. The van der Waals surface area contributed by atoms with E-state index >= 15 is 0 Å². The zero-order chi connectivity index (χ0) is 20.2. The number of benzene rings is 1. The van der Waals surface area contributed by atoms with Crippen molar-refractivity contribution in [3.8, 4) is 5.75 Å². The third kappa shape index (κ3) is 6.81. The Morgan fingerprint density at radius 1 is 1.04 bits per heavy atom. The van der Waals surface area contributed by atoms with Crippen molar-refractivity contribution in [2.45, 2.75) is 25.7 Å². The fourth-order valence-corrected chi connectivity index (χ4v) is 5.56. The zero-order valence-electron chi connectivity index (χ0n) is 14.0. The largest absolute Gasteiger partial charge is 0.748 e. The molecule has 1 aromatic carbocycles. The van der Waals surface area contributed by atoms with Crippen molar-refractivity contribution < 1.29 is 32.0 Å². The number of hydrogen-bond acceptors (Lipinski definition) is 7. The lowest BCUT2D eigenvalue weighted by atomic mass is 9.79. The van der Waals surface area contributed by atoms with Crippen LogP contribution in [0, 0.1) is 11.8 Å². The predicted octanol–water partition coefficient (Wildman–Crippen LogP) is 3.77. The summed E-state index contributed by atoms with van der Waals surface area (Å²) in [7, 11) is -4.47. The van der Waals surface area contributed by atoms with E-state index in [4.69, 9.17) is 9.47 Å². The number of rotatable bonds is 6. The van der Waals surface area contributed by atoms with Crippen LogP contribution < -0.4 is 4.74 Å². The second-order valence-corrected chi connectivity index (χ2v) is 10.2. The van der Waals surface area contributed by atoms with Gasteiger partial charge in [0.1, 0.15) is 6.61 Å². The summed E-state index contributed by atoms with van der Waals surface area (Å²) in [6.07, 6.45) is 2.41. The zero-order valence-corrected chi connectivity index (χ0v) is 19.5. The number of ether oxygens (including phenoxy) is 2. The van der Waals surface area contributed by atoms with Crippen LogP contribution in [0.15, 0.2) is 25.6 Å². The minimum Gasteiger partial charge on any atom is -0.748 e. The van der Waals surface area contributed by atoms with Gasteiger partial charge in [0.25, 0.3) is 0 Å². The fraction of sp³-hybridized carbons (Fsp3) is 0.500. The van der Waals surface area contributed by atoms with E-state index in [1.165, 1.54) is 0 Å². The average molecular weight is 592 g/mol. The standard InChI is InChI=1S/C16H17Br3O7S/c17-9-7-12(18)14(13(19)8-9)26-16(21)11-4-2-1-3-10(11)15(20)25-5-6-27(22,23)24/h7-8,10-11H,1-6H2,(H,22,23,24)/p-1. The first-order valence-corrected chi connectivity index (χ1v) is 12.0. The summed E-state index contributed by atoms with van der Waals surface area (Å²) in [5, 5.41) is 0. The fourth-order valence-electron chi connectivity index (χ4n) is 2.85. The van der Waals surface area contributed by atoms with Crippen LogP contribution in [-0.2, 0) is 24.4 Å². The lowest BCUT2D eigenvalue weighted by molar-refractivity contribution is -0.158. The molecular formula is C16H16Br3O7S-. The topological polar surface area (TPSA) is 110 Å². The van der Waals surface area contributed by atoms with Crippen molar-refractivity contribution >= 4 is 69.8 Å². The molecular weight excluding hydrogens is 576 g/mol. The van der Waals surface area contributed by atoms with Gasteiger partial charge < -0.3 is 14.0 Å². The van der Waals surface area contributed by atoms with Crippen LogP contribution in [-0.4, -0.2) is 37.3 Å². The van der Waals surface area contributed by atoms with Crippen LogP contribution >= 0.6 is 47.8 Å². The van der Waals surface area contributed by atoms with Crippen molar-refractivity contribution in [3.63, 3.8) is 0 Å². The van der Waals surface area contributed by atoms with Gasteiger partial charge in [-0.15, -0.1) is 0 Å². The molecule has 2 atom stereocenters. The highest BCUT2D eigenvalue weighted by Gasteiger charge is 2.38. The molecule has 11 heteroatoms. The molecule has 0 spiro atoms. The van der Waals surface area contributed by atoms with E-state index in [2.05, 4.69) is 47.8 Å². The molecule has 0 heterocycles. The van der Waals surface area contributed by atoms with Crippen molar-refractivity contribution in [1.29, 1.82) is 0 Å². The lowest BCUT2D eigenvalue weighted by Crippen LogP contribution is -2.36. The third-order valence-electron chi connectivity index (χ3n) is 4.11. The second kappa shape index (κ2) is 9.82. The number of esters is 2. The van der Waals surface area contributed by atoms with Gasteiger partial charge in [0.15, 0.2) is 5.75 Å². The van der Waals surface area contributed by atoms with Crippen LogP contribution in [0.25, 0.3) is 0 Å². The highest BCUT2D eigenvalue weighted by molar-refractivity contribution is 9.11. The normalized spacial score (nSPS) is 20.1. The second-order valence-electron chi connectivity index (χ2n) is 6.05. The Kier molecular flexibility index (Phi) is 8.29. The van der Waals surface area contributed by atoms with Gasteiger partial charge in [-0.3, -0.25) is 9.59 Å². The highest BCUT2D eigenvalue weighted by Crippen LogP contribution is 2.38. The Morgan fingerprint density at radius 3 is 2.07 bits per heavy atom. The Hall–Kier alpha value is -0.490. The van der Waals surface area contributed by atoms with Crippen LogP contribution in [0.2, 0.25) is 0 Å². The van der Waals surface area contributed by atoms with Gasteiger partial charge >= 0.3 is 11.9 Å². The summed E-state index contributed by atoms with van der Waals surface area (Å²) in [6.45, 7) is -0.521. The van der Waals surface area contributed by atoms with E-state index in [1.807, 2.05) is 0 Å². The molecule has 0 radical (unpaired) electrons. The Morgan fingerprint density at radius 2 is 1.56 bits per heavy atom.